The number of Topliss-reactive ketones (excluding diaryl/α,β-unsaturated/α-hetero) is 1. The van der Waals surface area contributed by atoms with E-state index in [1.807, 2.05) is 6.07 Å². The smallest absolute Gasteiger partial charge is 0.295 e. The zero-order valence-corrected chi connectivity index (χ0v) is 18.9. The van der Waals surface area contributed by atoms with Gasteiger partial charge in [0.2, 0.25) is 6.79 Å². The van der Waals surface area contributed by atoms with Gasteiger partial charge in [0.25, 0.3) is 11.7 Å². The SMILES string of the molecule is O=C1C(=O)N(CCN2CCCCC2)C(c2cccc(Cl)c2)/C1=C(\O)c1ccc2c(c1)OCO2. The first-order valence-electron chi connectivity index (χ1n) is 11.2. The van der Waals surface area contributed by atoms with Crippen LogP contribution in [0, 0.1) is 0 Å². The molecule has 0 spiro atoms. The van der Waals surface area contributed by atoms with Crippen LogP contribution < -0.4 is 9.47 Å². The summed E-state index contributed by atoms with van der Waals surface area (Å²) in [4.78, 5) is 30.2. The van der Waals surface area contributed by atoms with E-state index in [2.05, 4.69) is 4.90 Å². The molecule has 1 atom stereocenters. The molecule has 3 aliphatic rings. The first-order chi connectivity index (χ1) is 16.0. The van der Waals surface area contributed by atoms with Crippen molar-refractivity contribution in [2.75, 3.05) is 33.0 Å². The summed E-state index contributed by atoms with van der Waals surface area (Å²) in [5.41, 5.74) is 1.13. The molecular weight excluding hydrogens is 444 g/mol. The highest BCUT2D eigenvalue weighted by Crippen LogP contribution is 2.41. The van der Waals surface area contributed by atoms with Gasteiger partial charge in [0, 0.05) is 23.7 Å². The molecule has 2 aromatic carbocycles. The number of piperidine rings is 1. The van der Waals surface area contributed by atoms with Gasteiger partial charge in [-0.3, -0.25) is 9.59 Å². The van der Waals surface area contributed by atoms with Crippen molar-refractivity contribution in [1.29, 1.82) is 0 Å². The van der Waals surface area contributed by atoms with E-state index < -0.39 is 17.7 Å². The molecule has 7 nitrogen and oxygen atoms in total. The molecule has 8 heteroatoms. The van der Waals surface area contributed by atoms with Crippen molar-refractivity contribution < 1.29 is 24.2 Å². The molecule has 0 aliphatic carbocycles. The van der Waals surface area contributed by atoms with Crippen molar-refractivity contribution >= 4 is 29.1 Å². The lowest BCUT2D eigenvalue weighted by Crippen LogP contribution is -2.39. The zero-order valence-electron chi connectivity index (χ0n) is 18.1. The minimum Gasteiger partial charge on any atom is -0.507 e. The zero-order chi connectivity index (χ0) is 22.9. The Hall–Kier alpha value is -3.03. The number of ether oxygens (including phenoxy) is 2. The molecule has 3 aliphatic heterocycles. The molecule has 2 fully saturated rings. The fourth-order valence-electron chi connectivity index (χ4n) is 4.77. The third-order valence-electron chi connectivity index (χ3n) is 6.46. The van der Waals surface area contributed by atoms with Crippen molar-refractivity contribution in [3.8, 4) is 11.5 Å². The van der Waals surface area contributed by atoms with Crippen LogP contribution in [0.4, 0.5) is 0 Å². The van der Waals surface area contributed by atoms with Gasteiger partial charge in [-0.15, -0.1) is 0 Å². The van der Waals surface area contributed by atoms with Crippen LogP contribution >= 0.6 is 11.6 Å². The highest BCUT2D eigenvalue weighted by atomic mass is 35.5. The molecule has 1 unspecified atom stereocenters. The van der Waals surface area contributed by atoms with Crippen molar-refractivity contribution in [3.63, 3.8) is 0 Å². The van der Waals surface area contributed by atoms with Gasteiger partial charge < -0.3 is 24.4 Å². The number of hydrogen-bond donors (Lipinski definition) is 1. The van der Waals surface area contributed by atoms with Crippen LogP contribution in [0.3, 0.4) is 0 Å². The highest BCUT2D eigenvalue weighted by Gasteiger charge is 2.46. The molecule has 0 saturated carbocycles. The Morgan fingerprint density at radius 2 is 1.79 bits per heavy atom. The maximum atomic E-state index is 13.2. The predicted octanol–water partition coefficient (Wildman–Crippen LogP) is 3.98. The Labute approximate surface area is 197 Å². The Morgan fingerprint density at radius 1 is 1.00 bits per heavy atom. The number of nitrogens with zero attached hydrogens (tertiary/aromatic N) is 2. The van der Waals surface area contributed by atoms with E-state index in [-0.39, 0.29) is 18.1 Å². The van der Waals surface area contributed by atoms with Gasteiger partial charge in [0.05, 0.1) is 11.6 Å². The summed E-state index contributed by atoms with van der Waals surface area (Å²) < 4.78 is 10.8. The van der Waals surface area contributed by atoms with Crippen molar-refractivity contribution in [3.05, 3.63) is 64.2 Å². The molecular formula is C25H25ClN2O5. The maximum Gasteiger partial charge on any atom is 0.295 e. The summed E-state index contributed by atoms with van der Waals surface area (Å²) >= 11 is 6.25. The average Bonchev–Trinajstić information content (AvgIpc) is 3.40. The van der Waals surface area contributed by atoms with Crippen LogP contribution in [-0.4, -0.2) is 59.6 Å². The number of ketones is 1. The van der Waals surface area contributed by atoms with Crippen molar-refractivity contribution in [2.45, 2.75) is 25.3 Å². The molecule has 3 heterocycles. The predicted molar refractivity (Wildman–Crippen MR) is 123 cm³/mol. The first-order valence-corrected chi connectivity index (χ1v) is 11.6. The standard InChI is InChI=1S/C25H25ClN2O5/c26-18-6-4-5-16(13-18)22-21(23(29)17-7-8-19-20(14-17)33-15-32-19)24(30)25(31)28(22)12-11-27-9-2-1-3-10-27/h4-8,13-14,22,29H,1-3,9-12,15H2/b23-21+. The van der Waals surface area contributed by atoms with Crippen LogP contribution in [0.5, 0.6) is 11.5 Å². The molecule has 33 heavy (non-hydrogen) atoms. The minimum absolute atomic E-state index is 0.0553. The van der Waals surface area contributed by atoms with Gasteiger partial charge in [-0.25, -0.2) is 0 Å². The molecule has 1 amide bonds. The van der Waals surface area contributed by atoms with Gasteiger partial charge in [-0.05, 0) is 61.8 Å². The van der Waals surface area contributed by atoms with Crippen LogP contribution in [0.1, 0.15) is 36.4 Å². The second-order valence-electron chi connectivity index (χ2n) is 8.52. The lowest BCUT2D eigenvalue weighted by atomic mass is 9.95. The molecule has 5 rings (SSSR count). The summed E-state index contributed by atoms with van der Waals surface area (Å²) in [6.45, 7) is 3.14. The number of halogens is 1. The van der Waals surface area contributed by atoms with Gasteiger partial charge in [-0.1, -0.05) is 30.2 Å². The first kappa shape index (κ1) is 21.8. The van der Waals surface area contributed by atoms with Crippen molar-refractivity contribution in [1.82, 2.24) is 9.80 Å². The van der Waals surface area contributed by atoms with Gasteiger partial charge >= 0.3 is 0 Å². The number of carbonyl (C=O) groups excluding carboxylic acids is 2. The summed E-state index contributed by atoms with van der Waals surface area (Å²) in [5.74, 6) is -0.497. The number of hydrogen-bond acceptors (Lipinski definition) is 6. The van der Waals surface area contributed by atoms with Crippen LogP contribution in [-0.2, 0) is 9.59 Å². The summed E-state index contributed by atoms with van der Waals surface area (Å²) in [7, 11) is 0. The fraction of sp³-hybridized carbons (Fsp3) is 0.360. The lowest BCUT2D eigenvalue weighted by molar-refractivity contribution is -0.140. The highest BCUT2D eigenvalue weighted by molar-refractivity contribution is 6.46. The largest absolute Gasteiger partial charge is 0.507 e. The Balaban J connectivity index is 1.54. The van der Waals surface area contributed by atoms with E-state index in [1.165, 1.54) is 6.42 Å². The quantitative estimate of drug-likeness (QED) is 0.406. The third kappa shape index (κ3) is 4.18. The fourth-order valence-corrected chi connectivity index (χ4v) is 4.96. The number of aliphatic hydroxyl groups excluding tert-OH is 1. The van der Waals surface area contributed by atoms with E-state index in [9.17, 15) is 14.7 Å². The number of amides is 1. The van der Waals surface area contributed by atoms with E-state index >= 15 is 0 Å². The van der Waals surface area contributed by atoms with E-state index in [0.717, 1.165) is 25.9 Å². The maximum absolute atomic E-state index is 13.2. The van der Waals surface area contributed by atoms with Crippen LogP contribution in [0.2, 0.25) is 5.02 Å². The number of aliphatic hydroxyl groups is 1. The topological polar surface area (TPSA) is 79.3 Å². The molecule has 1 N–H and O–H groups in total. The number of likely N-dealkylation sites (tertiary alicyclic amines) is 2. The number of fused-ring (bicyclic) bond motifs is 1. The molecule has 0 bridgehead atoms. The molecule has 2 aromatic rings. The van der Waals surface area contributed by atoms with Crippen LogP contribution in [0.25, 0.3) is 5.76 Å². The second-order valence-corrected chi connectivity index (χ2v) is 8.95. The Kier molecular flexibility index (Phi) is 6.00. The lowest BCUT2D eigenvalue weighted by Gasteiger charge is -2.31. The number of carbonyl (C=O) groups is 2. The Bertz CT molecular complexity index is 1130. The summed E-state index contributed by atoms with van der Waals surface area (Å²) in [6.07, 6.45) is 3.50. The summed E-state index contributed by atoms with van der Waals surface area (Å²) in [5, 5.41) is 11.7. The van der Waals surface area contributed by atoms with Crippen LogP contribution in [0.15, 0.2) is 48.0 Å². The van der Waals surface area contributed by atoms with E-state index in [0.29, 0.717) is 40.7 Å². The van der Waals surface area contributed by atoms with Gasteiger partial charge in [-0.2, -0.15) is 0 Å². The van der Waals surface area contributed by atoms with Crippen molar-refractivity contribution in [2.24, 2.45) is 0 Å². The second kappa shape index (κ2) is 9.08. The monoisotopic (exact) mass is 468 g/mol. The van der Waals surface area contributed by atoms with E-state index in [4.69, 9.17) is 21.1 Å². The van der Waals surface area contributed by atoms with Gasteiger partial charge in [0.1, 0.15) is 5.76 Å². The molecule has 0 aromatic heterocycles. The normalized spacial score (nSPS) is 22.2. The van der Waals surface area contributed by atoms with E-state index in [1.54, 1.807) is 41.3 Å². The molecule has 0 radical (unpaired) electrons. The summed E-state index contributed by atoms with van der Waals surface area (Å²) in [6, 6.07) is 11.3. The minimum atomic E-state index is -0.723. The number of rotatable bonds is 5. The third-order valence-corrected chi connectivity index (χ3v) is 6.69. The Morgan fingerprint density at radius 3 is 2.58 bits per heavy atom. The van der Waals surface area contributed by atoms with Gasteiger partial charge in [0.15, 0.2) is 11.5 Å². The molecule has 172 valence electrons. The number of benzene rings is 2. The molecule has 2 saturated heterocycles. The average molecular weight is 469 g/mol.